The molecule has 0 atom stereocenters. The van der Waals surface area contributed by atoms with Crippen LogP contribution in [0.3, 0.4) is 0 Å². The van der Waals surface area contributed by atoms with Crippen molar-refractivity contribution >= 4 is 5.91 Å². The molecule has 0 unspecified atom stereocenters. The number of aryl methyl sites for hydroxylation is 1. The number of furan rings is 1. The van der Waals surface area contributed by atoms with Gasteiger partial charge in [-0.2, -0.15) is 0 Å². The molecule has 0 N–H and O–H groups in total. The van der Waals surface area contributed by atoms with Crippen LogP contribution in [0.25, 0.3) is 0 Å². The van der Waals surface area contributed by atoms with E-state index in [1.807, 2.05) is 20.8 Å². The van der Waals surface area contributed by atoms with Gasteiger partial charge in [-0.15, -0.1) is 0 Å². The molecule has 0 aliphatic heterocycles. The molecule has 3 nitrogen and oxygen atoms in total. The molecule has 1 amide bonds. The van der Waals surface area contributed by atoms with Crippen molar-refractivity contribution in [3.8, 4) is 0 Å². The second kappa shape index (κ2) is 5.41. The van der Waals surface area contributed by atoms with Crippen molar-refractivity contribution in [1.29, 1.82) is 0 Å². The SMILES string of the molecule is CC.Cc1ccc(C(=O)N(C)C)o1. The summed E-state index contributed by atoms with van der Waals surface area (Å²) in [5, 5.41) is 0. The average Bonchev–Trinajstić information content (AvgIpc) is 2.54. The van der Waals surface area contributed by atoms with Crippen LogP contribution in [-0.2, 0) is 0 Å². The van der Waals surface area contributed by atoms with E-state index in [9.17, 15) is 4.79 Å². The van der Waals surface area contributed by atoms with Gasteiger partial charge >= 0.3 is 0 Å². The Morgan fingerprint density at radius 2 is 1.85 bits per heavy atom. The van der Waals surface area contributed by atoms with Crippen LogP contribution in [0.4, 0.5) is 0 Å². The van der Waals surface area contributed by atoms with Crippen molar-refractivity contribution in [2.75, 3.05) is 14.1 Å². The third kappa shape index (κ3) is 3.32. The van der Waals surface area contributed by atoms with Crippen molar-refractivity contribution in [1.82, 2.24) is 4.90 Å². The fraction of sp³-hybridized carbons (Fsp3) is 0.500. The maximum Gasteiger partial charge on any atom is 0.289 e. The minimum Gasteiger partial charge on any atom is -0.456 e. The summed E-state index contributed by atoms with van der Waals surface area (Å²) < 4.78 is 5.12. The summed E-state index contributed by atoms with van der Waals surface area (Å²) in [7, 11) is 3.39. The molecule has 3 heteroatoms. The maximum atomic E-state index is 11.2. The van der Waals surface area contributed by atoms with Gasteiger partial charge in [0.05, 0.1) is 0 Å². The van der Waals surface area contributed by atoms with Crippen LogP contribution in [0.5, 0.6) is 0 Å². The molecule has 74 valence electrons. The summed E-state index contributed by atoms with van der Waals surface area (Å²) in [5.74, 6) is 1.06. The van der Waals surface area contributed by atoms with Crippen LogP contribution in [0, 0.1) is 6.92 Å². The van der Waals surface area contributed by atoms with Crippen molar-refractivity contribution in [2.45, 2.75) is 20.8 Å². The molecule has 0 saturated carbocycles. The standard InChI is InChI=1S/C8H11NO2.C2H6/c1-6-4-5-7(11-6)8(10)9(2)3;1-2/h4-5H,1-3H3;1-2H3. The molecule has 13 heavy (non-hydrogen) atoms. The summed E-state index contributed by atoms with van der Waals surface area (Å²) in [6, 6.07) is 3.45. The number of nitrogens with zero attached hydrogens (tertiary/aromatic N) is 1. The zero-order valence-corrected chi connectivity index (χ0v) is 8.92. The van der Waals surface area contributed by atoms with E-state index in [0.29, 0.717) is 5.76 Å². The highest BCUT2D eigenvalue weighted by atomic mass is 16.3. The highest BCUT2D eigenvalue weighted by molar-refractivity contribution is 5.91. The van der Waals surface area contributed by atoms with Gasteiger partial charge in [-0.1, -0.05) is 13.8 Å². The minimum atomic E-state index is -0.0990. The van der Waals surface area contributed by atoms with Crippen LogP contribution >= 0.6 is 0 Å². The van der Waals surface area contributed by atoms with E-state index in [1.54, 1.807) is 26.2 Å². The van der Waals surface area contributed by atoms with Crippen molar-refractivity contribution < 1.29 is 9.21 Å². The monoisotopic (exact) mass is 183 g/mol. The second-order valence-electron chi connectivity index (χ2n) is 2.61. The molecule has 0 bridgehead atoms. The Morgan fingerprint density at radius 3 is 2.15 bits per heavy atom. The summed E-state index contributed by atoms with van der Waals surface area (Å²) in [6.07, 6.45) is 0. The molecule has 0 aromatic carbocycles. The molecule has 0 radical (unpaired) electrons. The molecule has 0 saturated heterocycles. The van der Waals surface area contributed by atoms with Crippen molar-refractivity contribution in [2.24, 2.45) is 0 Å². The van der Waals surface area contributed by atoms with E-state index in [-0.39, 0.29) is 5.91 Å². The average molecular weight is 183 g/mol. The Hall–Kier alpha value is -1.25. The molecule has 1 rings (SSSR count). The molecular weight excluding hydrogens is 166 g/mol. The van der Waals surface area contributed by atoms with Gasteiger partial charge in [0.1, 0.15) is 5.76 Å². The van der Waals surface area contributed by atoms with E-state index in [0.717, 1.165) is 5.76 Å². The Labute approximate surface area is 79.3 Å². The van der Waals surface area contributed by atoms with Gasteiger partial charge in [-0.3, -0.25) is 4.79 Å². The van der Waals surface area contributed by atoms with Gasteiger partial charge in [0.2, 0.25) is 0 Å². The number of rotatable bonds is 1. The van der Waals surface area contributed by atoms with Crippen LogP contribution in [0.2, 0.25) is 0 Å². The number of hydrogen-bond donors (Lipinski definition) is 0. The molecule has 0 spiro atoms. The first-order valence-corrected chi connectivity index (χ1v) is 4.39. The highest BCUT2D eigenvalue weighted by Crippen LogP contribution is 2.07. The fourth-order valence-corrected chi connectivity index (χ4v) is 0.770. The summed E-state index contributed by atoms with van der Waals surface area (Å²) in [5.41, 5.74) is 0. The first-order valence-electron chi connectivity index (χ1n) is 4.39. The second-order valence-corrected chi connectivity index (χ2v) is 2.61. The number of carbonyl (C=O) groups excluding carboxylic acids is 1. The summed E-state index contributed by atoms with van der Waals surface area (Å²) in [4.78, 5) is 12.7. The van der Waals surface area contributed by atoms with Crippen molar-refractivity contribution in [3.63, 3.8) is 0 Å². The van der Waals surface area contributed by atoms with Crippen LogP contribution < -0.4 is 0 Å². The zero-order chi connectivity index (χ0) is 10.4. The molecule has 1 aromatic rings. The predicted molar refractivity (Wildman–Crippen MR) is 52.8 cm³/mol. The predicted octanol–water partition coefficient (Wildman–Crippen LogP) is 2.32. The van der Waals surface area contributed by atoms with E-state index < -0.39 is 0 Å². The summed E-state index contributed by atoms with van der Waals surface area (Å²) in [6.45, 7) is 5.81. The van der Waals surface area contributed by atoms with E-state index in [4.69, 9.17) is 4.42 Å². The normalized spacial score (nSPS) is 8.69. The third-order valence-electron chi connectivity index (χ3n) is 1.36. The smallest absolute Gasteiger partial charge is 0.289 e. The molecular formula is C10H17NO2. The number of hydrogen-bond acceptors (Lipinski definition) is 2. The van der Waals surface area contributed by atoms with Gasteiger partial charge in [0.15, 0.2) is 5.76 Å². The highest BCUT2D eigenvalue weighted by Gasteiger charge is 2.10. The Morgan fingerprint density at radius 1 is 1.31 bits per heavy atom. The number of carbonyl (C=O) groups is 1. The van der Waals surface area contributed by atoms with Gasteiger partial charge in [-0.25, -0.2) is 0 Å². The lowest BCUT2D eigenvalue weighted by molar-refractivity contribution is 0.0795. The van der Waals surface area contributed by atoms with Gasteiger partial charge in [0.25, 0.3) is 5.91 Å². The molecule has 0 aliphatic carbocycles. The van der Waals surface area contributed by atoms with Crippen molar-refractivity contribution in [3.05, 3.63) is 23.7 Å². The lowest BCUT2D eigenvalue weighted by Gasteiger charge is -2.06. The first kappa shape index (κ1) is 11.8. The van der Waals surface area contributed by atoms with Crippen LogP contribution in [-0.4, -0.2) is 24.9 Å². The summed E-state index contributed by atoms with van der Waals surface area (Å²) >= 11 is 0. The zero-order valence-electron chi connectivity index (χ0n) is 8.92. The third-order valence-corrected chi connectivity index (χ3v) is 1.36. The van der Waals surface area contributed by atoms with Crippen LogP contribution in [0.15, 0.2) is 16.5 Å². The Balaban J connectivity index is 0.000000671. The Kier molecular flexibility index (Phi) is 4.89. The minimum absolute atomic E-state index is 0.0990. The van der Waals surface area contributed by atoms with Gasteiger partial charge < -0.3 is 9.32 Å². The topological polar surface area (TPSA) is 33.5 Å². The lowest BCUT2D eigenvalue weighted by atomic mass is 10.4. The van der Waals surface area contributed by atoms with E-state index >= 15 is 0 Å². The molecule has 0 fully saturated rings. The molecule has 1 aromatic heterocycles. The van der Waals surface area contributed by atoms with Crippen LogP contribution in [0.1, 0.15) is 30.2 Å². The first-order chi connectivity index (χ1) is 6.11. The van der Waals surface area contributed by atoms with Gasteiger partial charge in [-0.05, 0) is 19.1 Å². The Bertz CT molecular complexity index is 264. The fourth-order valence-electron chi connectivity index (χ4n) is 0.770. The van der Waals surface area contributed by atoms with Gasteiger partial charge in [0, 0.05) is 14.1 Å². The number of amides is 1. The molecule has 1 heterocycles. The molecule has 0 aliphatic rings. The quantitative estimate of drug-likeness (QED) is 0.669. The van der Waals surface area contributed by atoms with E-state index in [1.165, 1.54) is 4.90 Å². The maximum absolute atomic E-state index is 11.2. The van der Waals surface area contributed by atoms with E-state index in [2.05, 4.69) is 0 Å². The lowest BCUT2D eigenvalue weighted by Crippen LogP contribution is -2.20. The largest absolute Gasteiger partial charge is 0.456 e.